The number of likely N-dealkylation sites (N-methyl/N-ethyl adjacent to an activating group) is 1. The van der Waals surface area contributed by atoms with Crippen LogP contribution in [-0.2, 0) is 13.6 Å². The maximum absolute atomic E-state index is 4.38. The summed E-state index contributed by atoms with van der Waals surface area (Å²) in [7, 11) is 4.07. The van der Waals surface area contributed by atoms with Crippen molar-refractivity contribution in [1.82, 2.24) is 29.4 Å². The molecule has 1 aliphatic heterocycles. The number of fused-ring (bicyclic) bond motifs is 1. The Balaban J connectivity index is 2.11. The molecule has 0 fully saturated rings. The van der Waals surface area contributed by atoms with Gasteiger partial charge in [-0.15, -0.1) is 10.2 Å². The van der Waals surface area contributed by atoms with Crippen LogP contribution in [0.3, 0.4) is 0 Å². The molecule has 6 nitrogen and oxygen atoms in total. The van der Waals surface area contributed by atoms with E-state index in [1.54, 1.807) is 0 Å². The maximum Gasteiger partial charge on any atom is 0.182 e. The quantitative estimate of drug-likeness (QED) is 0.753. The lowest BCUT2D eigenvalue weighted by Gasteiger charge is -2.30. The van der Waals surface area contributed by atoms with Gasteiger partial charge in [-0.3, -0.25) is 9.58 Å². The van der Waals surface area contributed by atoms with E-state index < -0.39 is 0 Å². The Labute approximate surface area is 106 Å². The van der Waals surface area contributed by atoms with E-state index in [9.17, 15) is 0 Å². The largest absolute Gasteiger partial charge is 0.307 e. The Bertz CT molecular complexity index is 581. The van der Waals surface area contributed by atoms with Gasteiger partial charge in [0.2, 0.25) is 0 Å². The smallest absolute Gasteiger partial charge is 0.182 e. The number of aromatic nitrogens is 5. The second-order valence-corrected chi connectivity index (χ2v) is 4.98. The third-order valence-electron chi connectivity index (χ3n) is 3.72. The zero-order valence-electron chi connectivity index (χ0n) is 11.3. The molecular formula is C12H18N6. The summed E-state index contributed by atoms with van der Waals surface area (Å²) >= 11 is 0. The molecule has 2 aromatic heterocycles. The Morgan fingerprint density at radius 2 is 2.00 bits per heavy atom. The Morgan fingerprint density at radius 1 is 1.22 bits per heavy atom. The van der Waals surface area contributed by atoms with Crippen molar-refractivity contribution in [2.24, 2.45) is 7.05 Å². The maximum atomic E-state index is 4.38. The number of hydrogen-bond acceptors (Lipinski definition) is 4. The van der Waals surface area contributed by atoms with E-state index in [2.05, 4.69) is 44.8 Å². The normalized spacial score (nSPS) is 20.1. The summed E-state index contributed by atoms with van der Waals surface area (Å²) in [6, 6.07) is 2.37. The Morgan fingerprint density at radius 3 is 2.67 bits per heavy atom. The van der Waals surface area contributed by atoms with Crippen LogP contribution in [0.1, 0.15) is 24.5 Å². The second kappa shape index (κ2) is 3.91. The van der Waals surface area contributed by atoms with Gasteiger partial charge in [0.05, 0.1) is 11.7 Å². The fourth-order valence-corrected chi connectivity index (χ4v) is 2.50. The number of rotatable bonds is 1. The molecule has 2 aromatic rings. The monoisotopic (exact) mass is 246 g/mol. The average molecular weight is 246 g/mol. The first kappa shape index (κ1) is 11.4. The van der Waals surface area contributed by atoms with Crippen LogP contribution in [-0.4, -0.2) is 43.0 Å². The molecule has 0 amide bonds. The molecule has 3 rings (SSSR count). The molecule has 1 atom stereocenters. The standard InChI is InChI=1S/C12H18N6/c1-8-7-10(17(4)15-8)12-14-13-11-9(2)16(3)5-6-18(11)12/h7,9H,5-6H2,1-4H3/t9-/m0/s1. The van der Waals surface area contributed by atoms with Gasteiger partial charge in [-0.1, -0.05) is 0 Å². The van der Waals surface area contributed by atoms with Crippen LogP contribution < -0.4 is 0 Å². The van der Waals surface area contributed by atoms with E-state index >= 15 is 0 Å². The number of hydrogen-bond donors (Lipinski definition) is 0. The van der Waals surface area contributed by atoms with Gasteiger partial charge in [0, 0.05) is 20.1 Å². The van der Waals surface area contributed by atoms with Crippen LogP contribution in [0.2, 0.25) is 0 Å². The molecule has 1 aliphatic rings. The van der Waals surface area contributed by atoms with Gasteiger partial charge in [-0.2, -0.15) is 5.10 Å². The minimum atomic E-state index is 0.314. The van der Waals surface area contributed by atoms with Crippen molar-refractivity contribution in [2.45, 2.75) is 26.4 Å². The molecule has 0 radical (unpaired) electrons. The fourth-order valence-electron chi connectivity index (χ4n) is 2.50. The number of aryl methyl sites for hydroxylation is 2. The Hall–Kier alpha value is -1.69. The predicted octanol–water partition coefficient (Wildman–Crippen LogP) is 0.993. The molecule has 0 aromatic carbocycles. The Kier molecular flexibility index (Phi) is 2.48. The van der Waals surface area contributed by atoms with E-state index in [-0.39, 0.29) is 0 Å². The zero-order valence-corrected chi connectivity index (χ0v) is 11.3. The lowest BCUT2D eigenvalue weighted by atomic mass is 10.2. The predicted molar refractivity (Wildman–Crippen MR) is 68.0 cm³/mol. The van der Waals surface area contributed by atoms with E-state index in [1.165, 1.54) is 0 Å². The molecule has 0 unspecified atom stereocenters. The van der Waals surface area contributed by atoms with Gasteiger partial charge in [-0.05, 0) is 27.0 Å². The average Bonchev–Trinajstić information content (AvgIpc) is 2.87. The van der Waals surface area contributed by atoms with Gasteiger partial charge in [0.1, 0.15) is 11.5 Å². The van der Waals surface area contributed by atoms with E-state index in [4.69, 9.17) is 0 Å². The molecular weight excluding hydrogens is 228 g/mol. The van der Waals surface area contributed by atoms with Crippen LogP contribution in [0.15, 0.2) is 6.07 Å². The van der Waals surface area contributed by atoms with Crippen molar-refractivity contribution < 1.29 is 0 Å². The third kappa shape index (κ3) is 1.56. The van der Waals surface area contributed by atoms with E-state index in [0.29, 0.717) is 6.04 Å². The molecule has 0 spiro atoms. The van der Waals surface area contributed by atoms with Gasteiger partial charge < -0.3 is 4.57 Å². The summed E-state index contributed by atoms with van der Waals surface area (Å²) in [5.41, 5.74) is 2.04. The van der Waals surface area contributed by atoms with Crippen molar-refractivity contribution >= 4 is 0 Å². The number of nitrogens with zero attached hydrogens (tertiary/aromatic N) is 6. The van der Waals surface area contributed by atoms with Gasteiger partial charge in [0.15, 0.2) is 5.82 Å². The highest BCUT2D eigenvalue weighted by atomic mass is 15.4. The van der Waals surface area contributed by atoms with Crippen molar-refractivity contribution in [3.63, 3.8) is 0 Å². The molecule has 6 heteroatoms. The van der Waals surface area contributed by atoms with E-state index in [0.717, 1.165) is 36.1 Å². The summed E-state index contributed by atoms with van der Waals surface area (Å²) in [6.07, 6.45) is 0. The lowest BCUT2D eigenvalue weighted by molar-refractivity contribution is 0.206. The summed E-state index contributed by atoms with van der Waals surface area (Å²) in [6.45, 7) is 6.12. The summed E-state index contributed by atoms with van der Waals surface area (Å²) in [4.78, 5) is 2.29. The lowest BCUT2D eigenvalue weighted by Crippen LogP contribution is -2.34. The summed E-state index contributed by atoms with van der Waals surface area (Å²) in [5, 5.41) is 13.1. The fraction of sp³-hybridized carbons (Fsp3) is 0.583. The third-order valence-corrected chi connectivity index (χ3v) is 3.72. The first-order valence-electron chi connectivity index (χ1n) is 6.22. The molecule has 18 heavy (non-hydrogen) atoms. The first-order valence-corrected chi connectivity index (χ1v) is 6.22. The highest BCUT2D eigenvalue weighted by Crippen LogP contribution is 2.27. The molecule has 0 saturated carbocycles. The molecule has 0 bridgehead atoms. The SMILES string of the molecule is Cc1cc(-c2nnc3n2CCN(C)[C@H]3C)n(C)n1. The van der Waals surface area contributed by atoms with Crippen molar-refractivity contribution in [3.05, 3.63) is 17.6 Å². The van der Waals surface area contributed by atoms with Crippen LogP contribution >= 0.6 is 0 Å². The van der Waals surface area contributed by atoms with E-state index in [1.807, 2.05) is 18.7 Å². The molecule has 0 saturated heterocycles. The van der Waals surface area contributed by atoms with Crippen LogP contribution in [0, 0.1) is 6.92 Å². The highest BCUT2D eigenvalue weighted by Gasteiger charge is 2.27. The van der Waals surface area contributed by atoms with Crippen molar-refractivity contribution in [2.75, 3.05) is 13.6 Å². The highest BCUT2D eigenvalue weighted by molar-refractivity contribution is 5.51. The van der Waals surface area contributed by atoms with Crippen molar-refractivity contribution in [1.29, 1.82) is 0 Å². The minimum Gasteiger partial charge on any atom is -0.307 e. The topological polar surface area (TPSA) is 51.8 Å². The molecule has 0 aliphatic carbocycles. The molecule has 96 valence electrons. The van der Waals surface area contributed by atoms with Crippen LogP contribution in [0.25, 0.3) is 11.5 Å². The zero-order chi connectivity index (χ0) is 12.9. The first-order chi connectivity index (χ1) is 8.58. The van der Waals surface area contributed by atoms with Crippen LogP contribution in [0.4, 0.5) is 0 Å². The summed E-state index contributed by atoms with van der Waals surface area (Å²) in [5.74, 6) is 1.96. The minimum absolute atomic E-state index is 0.314. The van der Waals surface area contributed by atoms with Crippen LogP contribution in [0.5, 0.6) is 0 Å². The second-order valence-electron chi connectivity index (χ2n) is 4.98. The van der Waals surface area contributed by atoms with Gasteiger partial charge in [0.25, 0.3) is 0 Å². The molecule has 3 heterocycles. The van der Waals surface area contributed by atoms with Crippen molar-refractivity contribution in [3.8, 4) is 11.5 Å². The summed E-state index contributed by atoms with van der Waals surface area (Å²) < 4.78 is 4.08. The molecule has 0 N–H and O–H groups in total. The van der Waals surface area contributed by atoms with Gasteiger partial charge in [-0.25, -0.2) is 0 Å². The van der Waals surface area contributed by atoms with Gasteiger partial charge >= 0.3 is 0 Å².